The van der Waals surface area contributed by atoms with Gasteiger partial charge in [-0.3, -0.25) is 9.69 Å². The number of benzene rings is 1. The molecule has 1 aliphatic rings. The van der Waals surface area contributed by atoms with Crippen molar-refractivity contribution in [3.05, 3.63) is 36.1 Å². The number of ether oxygens (including phenoxy) is 1. The summed E-state index contributed by atoms with van der Waals surface area (Å²) in [6, 6.07) is 8.20. The van der Waals surface area contributed by atoms with E-state index in [4.69, 9.17) is 9.15 Å². The van der Waals surface area contributed by atoms with Gasteiger partial charge in [-0.15, -0.1) is 0 Å². The topological polar surface area (TPSA) is 45.9 Å². The molecule has 1 fully saturated rings. The van der Waals surface area contributed by atoms with Crippen molar-refractivity contribution in [2.75, 3.05) is 46.9 Å². The number of furan rings is 1. The molecule has 1 unspecified atom stereocenters. The van der Waals surface area contributed by atoms with E-state index < -0.39 is 0 Å². The lowest BCUT2D eigenvalue weighted by molar-refractivity contribution is -0.129. The third-order valence-electron chi connectivity index (χ3n) is 4.37. The number of amides is 1. The van der Waals surface area contributed by atoms with Crippen LogP contribution >= 0.6 is 0 Å². The highest BCUT2D eigenvalue weighted by molar-refractivity contribution is 5.80. The van der Waals surface area contributed by atoms with E-state index in [1.807, 2.05) is 18.2 Å². The van der Waals surface area contributed by atoms with E-state index in [1.54, 1.807) is 25.3 Å². The zero-order chi connectivity index (χ0) is 16.2. The molecule has 0 spiro atoms. The van der Waals surface area contributed by atoms with Crippen molar-refractivity contribution < 1.29 is 13.9 Å². The fourth-order valence-corrected chi connectivity index (χ4v) is 3.10. The molecular formula is C18H24N2O3. The van der Waals surface area contributed by atoms with Crippen LogP contribution in [0.3, 0.4) is 0 Å². The molecule has 1 atom stereocenters. The second kappa shape index (κ2) is 7.15. The molecule has 0 N–H and O–H groups in total. The molecule has 5 nitrogen and oxygen atoms in total. The minimum atomic E-state index is 0.141. The van der Waals surface area contributed by atoms with Crippen molar-refractivity contribution >= 4 is 16.9 Å². The zero-order valence-corrected chi connectivity index (χ0v) is 13.8. The number of carbonyl (C=O) groups excluding carboxylic acids is 1. The highest BCUT2D eigenvalue weighted by Gasteiger charge is 2.22. The van der Waals surface area contributed by atoms with Crippen LogP contribution in [0.4, 0.5) is 0 Å². The van der Waals surface area contributed by atoms with E-state index in [9.17, 15) is 4.79 Å². The molecular weight excluding hydrogens is 292 g/mol. The van der Waals surface area contributed by atoms with Gasteiger partial charge in [-0.2, -0.15) is 0 Å². The molecule has 0 radical (unpaired) electrons. The van der Waals surface area contributed by atoms with Crippen LogP contribution in [0.1, 0.15) is 5.56 Å². The van der Waals surface area contributed by atoms with Crippen LogP contribution in [0.25, 0.3) is 11.0 Å². The Balaban J connectivity index is 1.69. The van der Waals surface area contributed by atoms with E-state index in [0.717, 1.165) is 31.7 Å². The van der Waals surface area contributed by atoms with Crippen molar-refractivity contribution in [3.63, 3.8) is 0 Å². The maximum atomic E-state index is 12.0. The third kappa shape index (κ3) is 3.92. The second-order valence-corrected chi connectivity index (χ2v) is 6.42. The number of rotatable bonds is 4. The summed E-state index contributed by atoms with van der Waals surface area (Å²) in [5.74, 6) is 0.524. The van der Waals surface area contributed by atoms with Crippen molar-refractivity contribution in [1.29, 1.82) is 0 Å². The summed E-state index contributed by atoms with van der Waals surface area (Å²) in [5, 5.41) is 1.17. The first-order valence-electron chi connectivity index (χ1n) is 8.09. The van der Waals surface area contributed by atoms with Gasteiger partial charge < -0.3 is 14.1 Å². The second-order valence-electron chi connectivity index (χ2n) is 6.42. The van der Waals surface area contributed by atoms with Crippen LogP contribution in [-0.2, 0) is 16.0 Å². The quantitative estimate of drug-likeness (QED) is 0.866. The highest BCUT2D eigenvalue weighted by atomic mass is 16.5. The molecule has 23 heavy (non-hydrogen) atoms. The lowest BCUT2D eigenvalue weighted by atomic mass is 9.97. The van der Waals surface area contributed by atoms with Gasteiger partial charge in [-0.1, -0.05) is 12.1 Å². The van der Waals surface area contributed by atoms with Gasteiger partial charge in [0.25, 0.3) is 0 Å². The van der Waals surface area contributed by atoms with Crippen molar-refractivity contribution in [2.24, 2.45) is 5.92 Å². The largest absolute Gasteiger partial charge is 0.464 e. The molecule has 0 bridgehead atoms. The monoisotopic (exact) mass is 316 g/mol. The average molecular weight is 316 g/mol. The highest BCUT2D eigenvalue weighted by Crippen LogP contribution is 2.23. The van der Waals surface area contributed by atoms with Crippen LogP contribution in [0.2, 0.25) is 0 Å². The molecule has 1 amide bonds. The van der Waals surface area contributed by atoms with Gasteiger partial charge in [0, 0.05) is 32.6 Å². The van der Waals surface area contributed by atoms with Crippen molar-refractivity contribution in [3.8, 4) is 0 Å². The molecule has 1 aromatic heterocycles. The first-order chi connectivity index (χ1) is 11.1. The van der Waals surface area contributed by atoms with Gasteiger partial charge in [0.1, 0.15) is 5.58 Å². The molecule has 1 saturated heterocycles. The standard InChI is InChI=1S/C18H24N2O3/c1-19(2)18(21)12-20-7-9-22-13-14(11-20)10-15-4-3-5-17-16(15)6-8-23-17/h3-6,8,14H,7,9-13H2,1-2H3. The van der Waals surface area contributed by atoms with E-state index >= 15 is 0 Å². The Labute approximate surface area is 136 Å². The SMILES string of the molecule is CN(C)C(=O)CN1CCOCC(Cc2cccc3occc23)C1. The number of likely N-dealkylation sites (N-methyl/N-ethyl adjacent to an activating group) is 1. The average Bonchev–Trinajstić information content (AvgIpc) is 2.90. The van der Waals surface area contributed by atoms with Gasteiger partial charge in [0.05, 0.1) is 26.0 Å². The fraction of sp³-hybridized carbons (Fsp3) is 0.500. The lowest BCUT2D eigenvalue weighted by Gasteiger charge is -2.24. The number of nitrogens with zero attached hydrogens (tertiary/aromatic N) is 2. The van der Waals surface area contributed by atoms with Gasteiger partial charge >= 0.3 is 0 Å². The van der Waals surface area contributed by atoms with Gasteiger partial charge in [0.2, 0.25) is 5.91 Å². The summed E-state index contributed by atoms with van der Waals surface area (Å²) < 4.78 is 11.2. The lowest BCUT2D eigenvalue weighted by Crippen LogP contribution is -2.39. The predicted molar refractivity (Wildman–Crippen MR) is 89.4 cm³/mol. The molecule has 1 aromatic carbocycles. The molecule has 5 heteroatoms. The molecule has 2 aromatic rings. The number of fused-ring (bicyclic) bond motifs is 1. The van der Waals surface area contributed by atoms with Crippen LogP contribution in [0.5, 0.6) is 0 Å². The number of hydrogen-bond donors (Lipinski definition) is 0. The molecule has 0 saturated carbocycles. The molecule has 3 rings (SSSR count). The number of hydrogen-bond acceptors (Lipinski definition) is 4. The van der Waals surface area contributed by atoms with E-state index in [2.05, 4.69) is 11.0 Å². The summed E-state index contributed by atoms with van der Waals surface area (Å²) in [4.78, 5) is 15.8. The first kappa shape index (κ1) is 16.0. The van der Waals surface area contributed by atoms with Crippen LogP contribution in [-0.4, -0.2) is 62.7 Å². The van der Waals surface area contributed by atoms with Gasteiger partial charge in [-0.25, -0.2) is 0 Å². The summed E-state index contributed by atoms with van der Waals surface area (Å²) in [5.41, 5.74) is 2.21. The van der Waals surface area contributed by atoms with E-state index in [-0.39, 0.29) is 5.91 Å². The van der Waals surface area contributed by atoms with Crippen LogP contribution in [0, 0.1) is 5.92 Å². The normalized spacial score (nSPS) is 19.7. The maximum absolute atomic E-state index is 12.0. The molecule has 2 heterocycles. The van der Waals surface area contributed by atoms with Crippen LogP contribution < -0.4 is 0 Å². The molecule has 1 aliphatic heterocycles. The van der Waals surface area contributed by atoms with Gasteiger partial charge in [-0.05, 0) is 30.0 Å². The Kier molecular flexibility index (Phi) is 4.98. The summed E-state index contributed by atoms with van der Waals surface area (Å²) in [6.45, 7) is 3.58. The minimum Gasteiger partial charge on any atom is -0.464 e. The Hall–Kier alpha value is -1.85. The molecule has 124 valence electrons. The maximum Gasteiger partial charge on any atom is 0.236 e. The zero-order valence-electron chi connectivity index (χ0n) is 13.8. The predicted octanol–water partition coefficient (Wildman–Crippen LogP) is 2.01. The van der Waals surface area contributed by atoms with E-state index in [0.29, 0.717) is 19.1 Å². The third-order valence-corrected chi connectivity index (χ3v) is 4.37. The molecule has 0 aliphatic carbocycles. The number of carbonyl (C=O) groups is 1. The Morgan fingerprint density at radius 3 is 3.04 bits per heavy atom. The van der Waals surface area contributed by atoms with Crippen LogP contribution in [0.15, 0.2) is 34.9 Å². The summed E-state index contributed by atoms with van der Waals surface area (Å²) in [6.07, 6.45) is 2.67. The minimum absolute atomic E-state index is 0.141. The Morgan fingerprint density at radius 1 is 1.35 bits per heavy atom. The Morgan fingerprint density at radius 2 is 2.22 bits per heavy atom. The van der Waals surface area contributed by atoms with E-state index in [1.165, 1.54) is 10.9 Å². The smallest absolute Gasteiger partial charge is 0.236 e. The Bertz CT molecular complexity index is 665. The first-order valence-corrected chi connectivity index (χ1v) is 8.09. The van der Waals surface area contributed by atoms with Crippen molar-refractivity contribution in [2.45, 2.75) is 6.42 Å². The van der Waals surface area contributed by atoms with Crippen molar-refractivity contribution in [1.82, 2.24) is 9.80 Å². The summed E-state index contributed by atoms with van der Waals surface area (Å²) in [7, 11) is 3.60. The van der Waals surface area contributed by atoms with Gasteiger partial charge in [0.15, 0.2) is 0 Å². The fourth-order valence-electron chi connectivity index (χ4n) is 3.10. The summed E-state index contributed by atoms with van der Waals surface area (Å²) >= 11 is 0.